The summed E-state index contributed by atoms with van der Waals surface area (Å²) in [5.41, 5.74) is 1.30. The van der Waals surface area contributed by atoms with Gasteiger partial charge in [-0.1, -0.05) is 30.3 Å². The number of carbonyl (C=O) groups is 2. The van der Waals surface area contributed by atoms with Crippen molar-refractivity contribution >= 4 is 17.5 Å². The summed E-state index contributed by atoms with van der Waals surface area (Å²) >= 11 is 0. The van der Waals surface area contributed by atoms with Gasteiger partial charge in [0.1, 0.15) is 11.5 Å². The number of hydrogen-bond acceptors (Lipinski definition) is 5. The zero-order valence-corrected chi connectivity index (χ0v) is 12.1. The number of ketones is 1. The minimum Gasteiger partial charge on any atom is -0.505 e. The second-order valence-electron chi connectivity index (χ2n) is 4.53. The fraction of sp³-hybridized carbons (Fsp3) is 0.188. The van der Waals surface area contributed by atoms with Crippen molar-refractivity contribution in [1.82, 2.24) is 9.55 Å². The van der Waals surface area contributed by atoms with Crippen LogP contribution in [0.5, 0.6) is 0 Å². The van der Waals surface area contributed by atoms with Crippen molar-refractivity contribution in [2.45, 2.75) is 13.5 Å². The van der Waals surface area contributed by atoms with Crippen LogP contribution in [0.3, 0.4) is 0 Å². The van der Waals surface area contributed by atoms with Crippen molar-refractivity contribution in [2.75, 3.05) is 6.61 Å². The lowest BCUT2D eigenvalue weighted by Gasteiger charge is -2.01. The smallest absolute Gasteiger partial charge is 0.379 e. The highest BCUT2D eigenvalue weighted by Gasteiger charge is 2.14. The van der Waals surface area contributed by atoms with E-state index in [0.717, 1.165) is 11.6 Å². The van der Waals surface area contributed by atoms with Crippen LogP contribution in [0, 0.1) is 0 Å². The van der Waals surface area contributed by atoms with E-state index in [4.69, 9.17) is 0 Å². The van der Waals surface area contributed by atoms with E-state index in [2.05, 4.69) is 9.72 Å². The molecule has 114 valence electrons. The summed E-state index contributed by atoms with van der Waals surface area (Å²) in [6.07, 6.45) is 3.95. The predicted molar refractivity (Wildman–Crippen MR) is 80.0 cm³/mol. The molecule has 0 saturated heterocycles. The maximum Gasteiger partial charge on any atom is 0.379 e. The summed E-state index contributed by atoms with van der Waals surface area (Å²) < 4.78 is 6.32. The molecule has 0 unspecified atom stereocenters. The Labute approximate surface area is 127 Å². The van der Waals surface area contributed by atoms with Gasteiger partial charge < -0.3 is 14.4 Å². The van der Waals surface area contributed by atoms with Crippen LogP contribution in [0.15, 0.2) is 48.9 Å². The minimum absolute atomic E-state index is 0.102. The summed E-state index contributed by atoms with van der Waals surface area (Å²) in [5, 5.41) is 9.84. The van der Waals surface area contributed by atoms with E-state index in [1.54, 1.807) is 24.0 Å². The normalized spacial score (nSPS) is 11.2. The third kappa shape index (κ3) is 4.05. The van der Waals surface area contributed by atoms with Crippen molar-refractivity contribution in [3.8, 4) is 0 Å². The van der Waals surface area contributed by atoms with Gasteiger partial charge in [0.2, 0.25) is 0 Å². The van der Waals surface area contributed by atoms with Gasteiger partial charge >= 0.3 is 5.97 Å². The lowest BCUT2D eigenvalue weighted by Crippen LogP contribution is -2.15. The molecule has 0 bridgehead atoms. The first kappa shape index (κ1) is 15.5. The van der Waals surface area contributed by atoms with Crippen LogP contribution < -0.4 is 0 Å². The van der Waals surface area contributed by atoms with Gasteiger partial charge in [0.15, 0.2) is 0 Å². The van der Waals surface area contributed by atoms with Crippen LogP contribution in [-0.2, 0) is 20.9 Å². The molecule has 2 rings (SSSR count). The number of rotatable bonds is 6. The molecular weight excluding hydrogens is 284 g/mol. The molecule has 0 fully saturated rings. The van der Waals surface area contributed by atoms with Crippen LogP contribution in [0.2, 0.25) is 0 Å². The number of aliphatic hydroxyl groups excluding tert-OH is 1. The maximum atomic E-state index is 11.5. The molecule has 0 atom stereocenters. The van der Waals surface area contributed by atoms with Crippen LogP contribution in [0.1, 0.15) is 18.2 Å². The van der Waals surface area contributed by atoms with E-state index < -0.39 is 11.8 Å². The lowest BCUT2D eigenvalue weighted by molar-refractivity contribution is -0.151. The van der Waals surface area contributed by atoms with E-state index in [9.17, 15) is 14.7 Å². The molecule has 0 saturated carbocycles. The summed E-state index contributed by atoms with van der Waals surface area (Å²) in [6.45, 7) is 2.29. The average molecular weight is 300 g/mol. The van der Waals surface area contributed by atoms with Gasteiger partial charge in [0.05, 0.1) is 12.9 Å². The molecule has 0 aliphatic carbocycles. The Kier molecular flexibility index (Phi) is 5.08. The van der Waals surface area contributed by atoms with Crippen molar-refractivity contribution in [2.24, 2.45) is 0 Å². The summed E-state index contributed by atoms with van der Waals surface area (Å²) in [5.74, 6) is -2.29. The SMILES string of the molecule is CCOC(=O)C(=O)/C=C(\O)c1cn(Cc2ccccc2)cn1. The fourth-order valence-corrected chi connectivity index (χ4v) is 1.83. The number of hydrogen-bond donors (Lipinski definition) is 1. The number of nitrogens with zero attached hydrogens (tertiary/aromatic N) is 2. The molecule has 22 heavy (non-hydrogen) atoms. The molecule has 1 aromatic heterocycles. The molecular formula is C16H16N2O4. The standard InChI is InChI=1S/C16H16N2O4/c1-2-22-16(21)15(20)8-14(19)13-10-18(11-17-13)9-12-6-4-3-5-7-12/h3-8,10-11,19H,2,9H2,1H3/b14-8-. The number of aromatic nitrogens is 2. The average Bonchev–Trinajstić information content (AvgIpc) is 2.97. The molecule has 1 aromatic carbocycles. The van der Waals surface area contributed by atoms with Crippen molar-refractivity contribution in [3.05, 3.63) is 60.2 Å². The van der Waals surface area contributed by atoms with Crippen molar-refractivity contribution in [1.29, 1.82) is 0 Å². The van der Waals surface area contributed by atoms with Gasteiger partial charge in [-0.25, -0.2) is 9.78 Å². The quantitative estimate of drug-likeness (QED) is 0.382. The highest BCUT2D eigenvalue weighted by molar-refractivity contribution is 6.39. The zero-order chi connectivity index (χ0) is 15.9. The molecule has 0 amide bonds. The first-order valence-corrected chi connectivity index (χ1v) is 6.78. The topological polar surface area (TPSA) is 81.4 Å². The largest absolute Gasteiger partial charge is 0.505 e. The Bertz CT molecular complexity index is 689. The highest BCUT2D eigenvalue weighted by atomic mass is 16.5. The zero-order valence-electron chi connectivity index (χ0n) is 12.1. The van der Waals surface area contributed by atoms with Crippen molar-refractivity contribution in [3.63, 3.8) is 0 Å². The van der Waals surface area contributed by atoms with Crippen LogP contribution in [0.25, 0.3) is 5.76 Å². The van der Waals surface area contributed by atoms with Gasteiger partial charge in [0, 0.05) is 18.8 Å². The summed E-state index contributed by atoms with van der Waals surface area (Å²) in [4.78, 5) is 26.7. The van der Waals surface area contributed by atoms with E-state index in [0.29, 0.717) is 6.54 Å². The fourth-order valence-electron chi connectivity index (χ4n) is 1.83. The second kappa shape index (κ2) is 7.21. The van der Waals surface area contributed by atoms with E-state index in [1.165, 1.54) is 0 Å². The van der Waals surface area contributed by atoms with Gasteiger partial charge in [-0.3, -0.25) is 4.79 Å². The Morgan fingerprint density at radius 2 is 2.05 bits per heavy atom. The third-order valence-electron chi connectivity index (χ3n) is 2.85. The number of esters is 1. The molecule has 0 aliphatic heterocycles. The van der Waals surface area contributed by atoms with Gasteiger partial charge in [-0.2, -0.15) is 0 Å². The van der Waals surface area contributed by atoms with Gasteiger partial charge in [0.25, 0.3) is 5.78 Å². The van der Waals surface area contributed by atoms with Crippen molar-refractivity contribution < 1.29 is 19.4 Å². The Hall–Kier alpha value is -2.89. The molecule has 0 aliphatic rings. The molecule has 0 spiro atoms. The van der Waals surface area contributed by atoms with Crippen LogP contribution >= 0.6 is 0 Å². The maximum absolute atomic E-state index is 11.5. The van der Waals surface area contributed by atoms with Gasteiger partial charge in [-0.15, -0.1) is 0 Å². The molecule has 1 heterocycles. The lowest BCUT2D eigenvalue weighted by atomic mass is 10.2. The highest BCUT2D eigenvalue weighted by Crippen LogP contribution is 2.10. The van der Waals surface area contributed by atoms with E-state index in [-0.39, 0.29) is 18.1 Å². The predicted octanol–water partition coefficient (Wildman–Crippen LogP) is 1.96. The number of imidazole rings is 1. The van der Waals surface area contributed by atoms with Gasteiger partial charge in [-0.05, 0) is 12.5 Å². The Morgan fingerprint density at radius 1 is 1.32 bits per heavy atom. The number of benzene rings is 1. The Balaban J connectivity index is 2.07. The van der Waals surface area contributed by atoms with Crippen LogP contribution in [-0.4, -0.2) is 33.0 Å². The monoisotopic (exact) mass is 300 g/mol. The molecule has 6 heteroatoms. The first-order valence-electron chi connectivity index (χ1n) is 6.78. The van der Waals surface area contributed by atoms with E-state index in [1.807, 2.05) is 30.3 Å². The van der Waals surface area contributed by atoms with E-state index >= 15 is 0 Å². The number of aliphatic hydroxyl groups is 1. The molecule has 1 N–H and O–H groups in total. The summed E-state index contributed by atoms with van der Waals surface area (Å²) in [7, 11) is 0. The van der Waals surface area contributed by atoms with Crippen LogP contribution in [0.4, 0.5) is 0 Å². The second-order valence-corrected chi connectivity index (χ2v) is 4.53. The molecule has 2 aromatic rings. The molecule has 0 radical (unpaired) electrons. The number of carbonyl (C=O) groups excluding carboxylic acids is 2. The Morgan fingerprint density at radius 3 is 2.73 bits per heavy atom. The third-order valence-corrected chi connectivity index (χ3v) is 2.85. The first-order chi connectivity index (χ1) is 10.6. The summed E-state index contributed by atoms with van der Waals surface area (Å²) in [6, 6.07) is 9.74. The minimum atomic E-state index is -1.00. The molecule has 6 nitrogen and oxygen atoms in total. The number of ether oxygens (including phenoxy) is 1.